The molecule has 3 rings (SSSR count). The van der Waals surface area contributed by atoms with E-state index in [4.69, 9.17) is 0 Å². The van der Waals surface area contributed by atoms with E-state index in [1.54, 1.807) is 36.4 Å². The Bertz CT molecular complexity index is 1370. The number of sulfonamides is 1. The lowest BCUT2D eigenvalue weighted by molar-refractivity contribution is -0.140. The van der Waals surface area contributed by atoms with Gasteiger partial charge in [0.05, 0.1) is 10.6 Å². The fourth-order valence-electron chi connectivity index (χ4n) is 4.33. The highest BCUT2D eigenvalue weighted by Gasteiger charge is 2.33. The molecule has 0 heterocycles. The lowest BCUT2D eigenvalue weighted by Crippen LogP contribution is -2.52. The normalized spacial score (nSPS) is 12.0. The van der Waals surface area contributed by atoms with Crippen LogP contribution in [0.5, 0.6) is 0 Å². The Balaban J connectivity index is 2.05. The van der Waals surface area contributed by atoms with Crippen molar-refractivity contribution in [1.29, 1.82) is 0 Å². The molecule has 0 saturated carbocycles. The summed E-state index contributed by atoms with van der Waals surface area (Å²) in [4.78, 5) is 29.5. The highest BCUT2D eigenvalue weighted by Crippen LogP contribution is 2.27. The molecule has 0 spiro atoms. The topological polar surface area (TPSA) is 86.8 Å². The highest BCUT2D eigenvalue weighted by molar-refractivity contribution is 7.98. The molecule has 39 heavy (non-hydrogen) atoms. The number of nitrogens with zero attached hydrogens (tertiary/aromatic N) is 2. The summed E-state index contributed by atoms with van der Waals surface area (Å²) < 4.78 is 29.0. The third-order valence-corrected chi connectivity index (χ3v) is 8.95. The lowest BCUT2D eigenvalue weighted by atomic mass is 10.1. The number of likely N-dealkylation sites (N-methyl/N-ethyl adjacent to an activating group) is 1. The van der Waals surface area contributed by atoms with Crippen molar-refractivity contribution in [1.82, 2.24) is 10.2 Å². The molecular formula is C30H37N3O4S2. The van der Waals surface area contributed by atoms with Gasteiger partial charge in [0.2, 0.25) is 11.8 Å². The van der Waals surface area contributed by atoms with E-state index in [1.165, 1.54) is 16.7 Å². The molecule has 0 unspecified atom stereocenters. The van der Waals surface area contributed by atoms with Crippen LogP contribution in [0, 0.1) is 13.8 Å². The summed E-state index contributed by atoms with van der Waals surface area (Å²) in [6.45, 7) is 7.71. The van der Waals surface area contributed by atoms with Gasteiger partial charge >= 0.3 is 0 Å². The predicted octanol–water partition coefficient (Wildman–Crippen LogP) is 5.16. The van der Waals surface area contributed by atoms with E-state index >= 15 is 0 Å². The van der Waals surface area contributed by atoms with Crippen LogP contribution in [0.1, 0.15) is 37.0 Å². The molecule has 9 heteroatoms. The number of carbonyl (C=O) groups is 2. The van der Waals surface area contributed by atoms with Gasteiger partial charge in [0.1, 0.15) is 12.6 Å². The summed E-state index contributed by atoms with van der Waals surface area (Å²) in [6, 6.07) is 20.6. The molecule has 0 saturated heterocycles. The number of anilines is 1. The van der Waals surface area contributed by atoms with Crippen LogP contribution < -0.4 is 9.62 Å². The van der Waals surface area contributed by atoms with Crippen molar-refractivity contribution in [2.45, 2.75) is 56.5 Å². The summed E-state index contributed by atoms with van der Waals surface area (Å²) in [7, 11) is -4.09. The maximum absolute atomic E-state index is 14.0. The summed E-state index contributed by atoms with van der Waals surface area (Å²) >= 11 is 1.52. The van der Waals surface area contributed by atoms with Gasteiger partial charge in [-0.15, -0.1) is 11.8 Å². The molecule has 1 atom stereocenters. The first-order valence-electron chi connectivity index (χ1n) is 13.0. The average molecular weight is 568 g/mol. The van der Waals surface area contributed by atoms with Crippen LogP contribution in [0.15, 0.2) is 82.6 Å². The minimum atomic E-state index is -4.09. The minimum absolute atomic E-state index is 0.0923. The number of benzene rings is 3. The molecule has 2 amide bonds. The van der Waals surface area contributed by atoms with Crippen LogP contribution in [-0.2, 0) is 26.2 Å². The first-order valence-corrected chi connectivity index (χ1v) is 15.6. The third-order valence-electron chi connectivity index (χ3n) is 6.42. The summed E-state index contributed by atoms with van der Waals surface area (Å²) in [5.74, 6) is -0.724. The molecule has 7 nitrogen and oxygen atoms in total. The molecule has 3 aromatic rings. The van der Waals surface area contributed by atoms with Crippen molar-refractivity contribution < 1.29 is 18.0 Å². The molecule has 0 fully saturated rings. The van der Waals surface area contributed by atoms with Gasteiger partial charge in [0.25, 0.3) is 10.0 Å². The van der Waals surface area contributed by atoms with Crippen molar-refractivity contribution in [3.8, 4) is 0 Å². The zero-order valence-corrected chi connectivity index (χ0v) is 24.8. The Morgan fingerprint density at radius 2 is 1.59 bits per heavy atom. The quantitative estimate of drug-likeness (QED) is 0.306. The van der Waals surface area contributed by atoms with E-state index in [-0.39, 0.29) is 17.3 Å². The average Bonchev–Trinajstić information content (AvgIpc) is 2.92. The van der Waals surface area contributed by atoms with Crippen molar-refractivity contribution in [3.05, 3.63) is 89.5 Å². The first-order chi connectivity index (χ1) is 18.6. The van der Waals surface area contributed by atoms with Crippen LogP contribution in [0.3, 0.4) is 0 Å². The number of hydrogen-bond donors (Lipinski definition) is 1. The molecule has 0 aliphatic heterocycles. The van der Waals surface area contributed by atoms with Gasteiger partial charge in [-0.05, 0) is 75.4 Å². The number of aryl methyl sites for hydroxylation is 2. The Hall–Kier alpha value is -3.30. The van der Waals surface area contributed by atoms with E-state index in [9.17, 15) is 18.0 Å². The molecule has 0 radical (unpaired) electrons. The minimum Gasteiger partial charge on any atom is -0.355 e. The van der Waals surface area contributed by atoms with Crippen LogP contribution in [0.2, 0.25) is 0 Å². The van der Waals surface area contributed by atoms with E-state index < -0.39 is 28.5 Å². The second kappa shape index (κ2) is 13.7. The number of nitrogens with one attached hydrogen (secondary N) is 1. The highest BCUT2D eigenvalue weighted by atomic mass is 32.2. The first kappa shape index (κ1) is 30.2. The van der Waals surface area contributed by atoms with Gasteiger partial charge in [-0.25, -0.2) is 8.42 Å². The molecule has 1 N–H and O–H groups in total. The lowest BCUT2D eigenvalue weighted by Gasteiger charge is -2.33. The maximum Gasteiger partial charge on any atom is 0.264 e. The van der Waals surface area contributed by atoms with E-state index in [2.05, 4.69) is 5.32 Å². The van der Waals surface area contributed by atoms with Gasteiger partial charge in [-0.2, -0.15) is 0 Å². The SMILES string of the molecule is CCNC(=O)[C@H](CC)N(Cc1cccc(C)c1)C(=O)CN(c1ccc(C)cc1)S(=O)(=O)c1ccc(SC)cc1. The largest absolute Gasteiger partial charge is 0.355 e. The van der Waals surface area contributed by atoms with E-state index in [0.29, 0.717) is 18.7 Å². The maximum atomic E-state index is 14.0. The van der Waals surface area contributed by atoms with E-state index in [1.807, 2.05) is 70.3 Å². The Kier molecular flexibility index (Phi) is 10.6. The fourth-order valence-corrected chi connectivity index (χ4v) is 6.16. The molecule has 0 bridgehead atoms. The van der Waals surface area contributed by atoms with E-state index in [0.717, 1.165) is 25.9 Å². The second-order valence-electron chi connectivity index (χ2n) is 9.35. The molecular weight excluding hydrogens is 530 g/mol. The predicted molar refractivity (Wildman–Crippen MR) is 158 cm³/mol. The van der Waals surface area contributed by atoms with Gasteiger partial charge < -0.3 is 10.2 Å². The number of amides is 2. The summed E-state index contributed by atoms with van der Waals surface area (Å²) in [5.41, 5.74) is 3.24. The number of rotatable bonds is 12. The van der Waals surface area contributed by atoms with Gasteiger partial charge in [0.15, 0.2) is 0 Å². The van der Waals surface area contributed by atoms with Gasteiger partial charge in [0, 0.05) is 18.0 Å². The number of thioether (sulfide) groups is 1. The number of carbonyl (C=O) groups excluding carboxylic acids is 2. The van der Waals surface area contributed by atoms with Crippen molar-refractivity contribution in [2.75, 3.05) is 23.7 Å². The van der Waals surface area contributed by atoms with Crippen molar-refractivity contribution >= 4 is 39.3 Å². The van der Waals surface area contributed by atoms with Crippen LogP contribution in [0.25, 0.3) is 0 Å². The molecule has 3 aromatic carbocycles. The number of hydrogen-bond acceptors (Lipinski definition) is 5. The van der Waals surface area contributed by atoms with Crippen molar-refractivity contribution in [2.24, 2.45) is 0 Å². The third kappa shape index (κ3) is 7.64. The summed E-state index contributed by atoms with van der Waals surface area (Å²) in [6.07, 6.45) is 2.30. The van der Waals surface area contributed by atoms with Crippen LogP contribution in [0.4, 0.5) is 5.69 Å². The molecule has 208 valence electrons. The van der Waals surface area contributed by atoms with Crippen LogP contribution >= 0.6 is 11.8 Å². The standard InChI is InChI=1S/C30H37N3O4S2/c1-6-28(30(35)31-7-2)32(20-24-10-8-9-23(4)19-24)29(34)21-33(25-13-11-22(3)12-14-25)39(36,37)27-17-15-26(38-5)16-18-27/h8-19,28H,6-7,20-21H2,1-5H3,(H,31,35)/t28-/m0/s1. The van der Waals surface area contributed by atoms with Crippen molar-refractivity contribution in [3.63, 3.8) is 0 Å². The molecule has 0 aliphatic rings. The summed E-state index contributed by atoms with van der Waals surface area (Å²) in [5, 5.41) is 2.82. The smallest absolute Gasteiger partial charge is 0.264 e. The molecule has 0 aliphatic carbocycles. The van der Waals surface area contributed by atoms with Gasteiger partial charge in [-0.1, -0.05) is 54.4 Å². The van der Waals surface area contributed by atoms with Crippen LogP contribution in [-0.4, -0.2) is 50.5 Å². The van der Waals surface area contributed by atoms with Gasteiger partial charge in [-0.3, -0.25) is 13.9 Å². The fraction of sp³-hybridized carbons (Fsp3) is 0.333. The Morgan fingerprint density at radius 3 is 2.15 bits per heavy atom. The Morgan fingerprint density at radius 1 is 0.923 bits per heavy atom. The second-order valence-corrected chi connectivity index (χ2v) is 12.1. The zero-order chi connectivity index (χ0) is 28.6. The molecule has 0 aromatic heterocycles. The Labute approximate surface area is 236 Å². The monoisotopic (exact) mass is 567 g/mol. The zero-order valence-electron chi connectivity index (χ0n) is 23.2.